The summed E-state index contributed by atoms with van der Waals surface area (Å²) in [7, 11) is 1.63. The van der Waals surface area contributed by atoms with E-state index < -0.39 is 41.8 Å². The summed E-state index contributed by atoms with van der Waals surface area (Å²) >= 11 is 1.16. The molecule has 0 bridgehead atoms. The highest BCUT2D eigenvalue weighted by Gasteiger charge is 2.33. The van der Waals surface area contributed by atoms with E-state index >= 15 is 0 Å². The molecule has 0 radical (unpaired) electrons. The molecule has 12 nitrogen and oxygen atoms in total. The smallest absolute Gasteiger partial charge is 0.409 e. The molecule has 0 aliphatic carbocycles. The first-order valence-electron chi connectivity index (χ1n) is 16.2. The number of nitrogens with zero attached hydrogens (tertiary/aromatic N) is 2. The van der Waals surface area contributed by atoms with E-state index in [4.69, 9.17) is 9.47 Å². The number of alkyl carbamates (subject to hydrolysis) is 1. The lowest BCUT2D eigenvalue weighted by Crippen LogP contribution is -2.58. The molecule has 5 atom stereocenters. The van der Waals surface area contributed by atoms with Crippen LogP contribution in [0.3, 0.4) is 0 Å². The van der Waals surface area contributed by atoms with Crippen LogP contribution in [-0.2, 0) is 25.5 Å². The first-order valence-corrected chi connectivity index (χ1v) is 17.1. The van der Waals surface area contributed by atoms with E-state index in [-0.39, 0.29) is 42.6 Å². The van der Waals surface area contributed by atoms with Crippen molar-refractivity contribution in [3.63, 3.8) is 0 Å². The van der Waals surface area contributed by atoms with E-state index in [2.05, 4.69) is 20.9 Å². The van der Waals surface area contributed by atoms with Crippen LogP contribution in [0, 0.1) is 11.8 Å². The Bertz CT molecular complexity index is 1300. The number of hydrogen-bond acceptors (Lipinski definition) is 10. The van der Waals surface area contributed by atoms with E-state index in [0.29, 0.717) is 24.4 Å². The van der Waals surface area contributed by atoms with Gasteiger partial charge in [0, 0.05) is 30.9 Å². The van der Waals surface area contributed by atoms with Gasteiger partial charge < -0.3 is 24.8 Å². The van der Waals surface area contributed by atoms with E-state index in [9.17, 15) is 24.3 Å². The van der Waals surface area contributed by atoms with Crippen LogP contribution in [-0.4, -0.2) is 82.9 Å². The number of carbonyl (C=O) groups excluding carboxylic acids is 4. The summed E-state index contributed by atoms with van der Waals surface area (Å²) < 4.78 is 10.5. The highest BCUT2D eigenvalue weighted by atomic mass is 32.1. The molecular formula is C34H53N5O7S. The Morgan fingerprint density at radius 2 is 1.68 bits per heavy atom. The molecule has 262 valence electrons. The van der Waals surface area contributed by atoms with Gasteiger partial charge in [-0.05, 0) is 58.6 Å². The SMILES string of the molecule is CCN[C@H](NC(=O)OC(C)(C)C)C(=O)N(C)[C@H](C[C@@H](O)c1nc(C(=O)N[C@@H](Cc2ccccc2)C[C@H](C)C(=O)OCC)cs1)C(C)C. The van der Waals surface area contributed by atoms with Gasteiger partial charge in [-0.1, -0.05) is 58.0 Å². The summed E-state index contributed by atoms with van der Waals surface area (Å²) in [6, 6.07) is 8.91. The van der Waals surface area contributed by atoms with Gasteiger partial charge in [0.25, 0.3) is 11.8 Å². The van der Waals surface area contributed by atoms with Crippen LogP contribution in [0.5, 0.6) is 0 Å². The average molecular weight is 676 g/mol. The lowest BCUT2D eigenvalue weighted by Gasteiger charge is -2.35. The Labute approximate surface area is 283 Å². The van der Waals surface area contributed by atoms with Crippen LogP contribution in [0.2, 0.25) is 0 Å². The highest BCUT2D eigenvalue weighted by Crippen LogP contribution is 2.27. The average Bonchev–Trinajstić information content (AvgIpc) is 3.49. The molecule has 0 spiro atoms. The van der Waals surface area contributed by atoms with Crippen molar-refractivity contribution in [2.24, 2.45) is 11.8 Å². The second kappa shape index (κ2) is 18.7. The highest BCUT2D eigenvalue weighted by molar-refractivity contribution is 7.09. The molecule has 1 heterocycles. The molecule has 2 rings (SSSR count). The minimum Gasteiger partial charge on any atom is -0.466 e. The van der Waals surface area contributed by atoms with E-state index in [0.717, 1.165) is 16.9 Å². The number of esters is 1. The molecule has 0 fully saturated rings. The number of amides is 3. The molecule has 3 amide bonds. The third-order valence-electron chi connectivity index (χ3n) is 7.42. The predicted octanol–water partition coefficient (Wildman–Crippen LogP) is 4.44. The number of likely N-dealkylation sites (N-methyl/N-ethyl adjacent to an activating group) is 2. The van der Waals surface area contributed by atoms with E-state index in [1.54, 1.807) is 47.0 Å². The van der Waals surface area contributed by atoms with E-state index in [1.165, 1.54) is 4.90 Å². The Balaban J connectivity index is 2.15. The molecule has 1 aromatic carbocycles. The van der Waals surface area contributed by atoms with Crippen LogP contribution >= 0.6 is 11.3 Å². The Morgan fingerprint density at radius 3 is 2.26 bits per heavy atom. The first kappa shape index (κ1) is 39.6. The molecule has 0 saturated carbocycles. The standard InChI is InChI=1S/C34H53N5O7S/c1-10-35-28(38-33(44)46-34(6,7)8)31(42)39(9)26(21(3)4)19-27(40)30-37-25(20-47-30)29(41)36-24(17-22(5)32(43)45-11-2)18-23-15-13-12-14-16-23/h12-16,20-22,24,26-28,35,40H,10-11,17-19H2,1-9H3,(H,36,41)(H,38,44)/t22-,24+,26+,27+,28+/m0/s1. The Kier molecular flexibility index (Phi) is 15.8. The lowest BCUT2D eigenvalue weighted by molar-refractivity contribution is -0.147. The summed E-state index contributed by atoms with van der Waals surface area (Å²) in [4.78, 5) is 57.5. The summed E-state index contributed by atoms with van der Waals surface area (Å²) in [6.45, 7) is 15.2. The van der Waals surface area contributed by atoms with Crippen LogP contribution < -0.4 is 16.0 Å². The fourth-order valence-electron chi connectivity index (χ4n) is 5.11. The number of aliphatic hydroxyl groups excluding tert-OH is 1. The van der Waals surface area contributed by atoms with Crippen LogP contribution in [0.15, 0.2) is 35.7 Å². The number of rotatable bonds is 17. The maximum Gasteiger partial charge on any atom is 0.409 e. The third kappa shape index (κ3) is 13.2. The van der Waals surface area contributed by atoms with Gasteiger partial charge in [-0.15, -0.1) is 11.3 Å². The van der Waals surface area contributed by atoms with Gasteiger partial charge in [0.2, 0.25) is 0 Å². The fourth-order valence-corrected chi connectivity index (χ4v) is 5.90. The van der Waals surface area contributed by atoms with Crippen LogP contribution in [0.25, 0.3) is 0 Å². The first-order chi connectivity index (χ1) is 22.1. The van der Waals surface area contributed by atoms with Crippen molar-refractivity contribution in [3.05, 3.63) is 52.0 Å². The summed E-state index contributed by atoms with van der Waals surface area (Å²) in [5, 5.41) is 21.7. The monoisotopic (exact) mass is 675 g/mol. The quantitative estimate of drug-likeness (QED) is 0.141. The second-order valence-corrected chi connectivity index (χ2v) is 13.9. The molecule has 47 heavy (non-hydrogen) atoms. The largest absolute Gasteiger partial charge is 0.466 e. The number of benzene rings is 1. The minimum absolute atomic E-state index is 0.0507. The number of aromatic nitrogens is 1. The number of nitrogens with one attached hydrogen (secondary N) is 3. The third-order valence-corrected chi connectivity index (χ3v) is 8.37. The van der Waals surface area contributed by atoms with Crippen molar-refractivity contribution in [2.45, 2.75) is 105 Å². The van der Waals surface area contributed by atoms with Crippen molar-refractivity contribution in [1.82, 2.24) is 25.8 Å². The predicted molar refractivity (Wildman–Crippen MR) is 182 cm³/mol. The molecule has 0 unspecified atom stereocenters. The maximum atomic E-state index is 13.5. The molecule has 1 aromatic heterocycles. The Hall–Kier alpha value is -3.55. The van der Waals surface area contributed by atoms with E-state index in [1.807, 2.05) is 51.1 Å². The lowest BCUT2D eigenvalue weighted by atomic mass is 9.96. The molecule has 2 aromatic rings. The molecule has 0 aliphatic heterocycles. The maximum absolute atomic E-state index is 13.5. The van der Waals surface area contributed by atoms with Gasteiger partial charge in [-0.25, -0.2) is 9.78 Å². The Morgan fingerprint density at radius 1 is 1.02 bits per heavy atom. The topological polar surface area (TPSA) is 159 Å². The number of ether oxygens (including phenoxy) is 2. The number of aliphatic hydroxyl groups is 1. The van der Waals surface area contributed by atoms with Gasteiger partial charge >= 0.3 is 12.1 Å². The zero-order chi connectivity index (χ0) is 35.3. The number of carbonyl (C=O) groups is 4. The van der Waals surface area contributed by atoms with Gasteiger partial charge in [-0.2, -0.15) is 0 Å². The van der Waals surface area contributed by atoms with Gasteiger partial charge in [0.1, 0.15) is 22.4 Å². The minimum atomic E-state index is -1.05. The zero-order valence-electron chi connectivity index (χ0n) is 29.2. The van der Waals surface area contributed by atoms with Crippen LogP contribution in [0.4, 0.5) is 4.79 Å². The molecule has 0 aliphatic rings. The van der Waals surface area contributed by atoms with Crippen molar-refractivity contribution in [2.75, 3.05) is 20.2 Å². The summed E-state index contributed by atoms with van der Waals surface area (Å²) in [5.74, 6) is -1.59. The fraction of sp³-hybridized carbons (Fsp3) is 0.618. The summed E-state index contributed by atoms with van der Waals surface area (Å²) in [6.07, 6.45) is -1.74. The number of thiazole rings is 1. The van der Waals surface area contributed by atoms with Crippen LogP contribution in [0.1, 0.15) is 95.4 Å². The number of hydrogen-bond donors (Lipinski definition) is 4. The molecule has 0 saturated heterocycles. The van der Waals surface area contributed by atoms with Gasteiger partial charge in [0.15, 0.2) is 6.17 Å². The van der Waals surface area contributed by atoms with Crippen molar-refractivity contribution in [1.29, 1.82) is 0 Å². The molecule has 4 N–H and O–H groups in total. The second-order valence-electron chi connectivity index (χ2n) is 13.0. The summed E-state index contributed by atoms with van der Waals surface area (Å²) in [5.41, 5.74) is 0.442. The molecular weight excluding hydrogens is 622 g/mol. The van der Waals surface area contributed by atoms with Crippen molar-refractivity contribution in [3.8, 4) is 0 Å². The normalized spacial score (nSPS) is 14.8. The zero-order valence-corrected chi connectivity index (χ0v) is 30.0. The van der Waals surface area contributed by atoms with Crippen molar-refractivity contribution >= 4 is 35.2 Å². The van der Waals surface area contributed by atoms with Crippen molar-refractivity contribution < 1.29 is 33.8 Å². The van der Waals surface area contributed by atoms with Gasteiger partial charge in [-0.3, -0.25) is 25.0 Å². The van der Waals surface area contributed by atoms with Gasteiger partial charge in [0.05, 0.1) is 12.5 Å². The molecule has 13 heteroatoms.